The van der Waals surface area contributed by atoms with Crippen LogP contribution in [-0.4, -0.2) is 27.1 Å². The van der Waals surface area contributed by atoms with Gasteiger partial charge in [-0.2, -0.15) is 0 Å². The lowest BCUT2D eigenvalue weighted by Gasteiger charge is -2.12. The Morgan fingerprint density at radius 2 is 2.29 bits per heavy atom. The summed E-state index contributed by atoms with van der Waals surface area (Å²) in [5.74, 6) is 1.18. The molecule has 3 heterocycles. The molecule has 0 radical (unpaired) electrons. The van der Waals surface area contributed by atoms with E-state index < -0.39 is 0 Å². The average molecular weight is 347 g/mol. The van der Waals surface area contributed by atoms with Crippen LogP contribution in [0, 0.1) is 0 Å². The smallest absolute Gasteiger partial charge is 0.315 e. The largest absolute Gasteiger partial charge is 0.338 e. The molecule has 0 saturated heterocycles. The zero-order valence-corrected chi connectivity index (χ0v) is 15.2. The molecule has 7 heteroatoms. The van der Waals surface area contributed by atoms with E-state index in [0.29, 0.717) is 6.54 Å². The molecule has 1 unspecified atom stereocenters. The van der Waals surface area contributed by atoms with Gasteiger partial charge in [0.2, 0.25) is 0 Å². The highest BCUT2D eigenvalue weighted by Crippen LogP contribution is 2.17. The van der Waals surface area contributed by atoms with Gasteiger partial charge in [0.25, 0.3) is 0 Å². The molecule has 2 aromatic heterocycles. The molecular weight excluding hydrogens is 322 g/mol. The van der Waals surface area contributed by atoms with Gasteiger partial charge in [0.1, 0.15) is 5.82 Å². The van der Waals surface area contributed by atoms with E-state index in [9.17, 15) is 4.79 Å². The van der Waals surface area contributed by atoms with Crippen LogP contribution in [0.5, 0.6) is 0 Å². The second-order valence-corrected chi connectivity index (χ2v) is 7.13. The number of nitrogens with zero attached hydrogens (tertiary/aromatic N) is 3. The van der Waals surface area contributed by atoms with Crippen LogP contribution in [0.15, 0.2) is 11.6 Å². The monoisotopic (exact) mass is 347 g/mol. The Kier molecular flexibility index (Phi) is 5.50. The van der Waals surface area contributed by atoms with Gasteiger partial charge >= 0.3 is 6.03 Å². The summed E-state index contributed by atoms with van der Waals surface area (Å²) in [6, 6.07) is -0.237. The molecule has 0 bridgehead atoms. The maximum absolute atomic E-state index is 12.0. The molecule has 2 amide bonds. The fourth-order valence-corrected chi connectivity index (χ4v) is 3.74. The van der Waals surface area contributed by atoms with E-state index in [2.05, 4.69) is 38.3 Å². The number of thiazole rings is 1. The highest BCUT2D eigenvalue weighted by molar-refractivity contribution is 7.09. The quantitative estimate of drug-likeness (QED) is 0.844. The number of nitrogens with one attached hydrogen (secondary N) is 2. The first kappa shape index (κ1) is 17.0. The first-order chi connectivity index (χ1) is 11.7. The minimum atomic E-state index is -0.155. The number of carbonyl (C=O) groups excluding carboxylic acids is 1. The number of amides is 2. The van der Waals surface area contributed by atoms with Gasteiger partial charge < -0.3 is 15.2 Å². The van der Waals surface area contributed by atoms with Gasteiger partial charge in [0.15, 0.2) is 0 Å². The summed E-state index contributed by atoms with van der Waals surface area (Å²) in [6.07, 6.45) is 7.34. The Balaban J connectivity index is 1.43. The topological polar surface area (TPSA) is 71.8 Å². The predicted molar refractivity (Wildman–Crippen MR) is 95.3 cm³/mol. The summed E-state index contributed by atoms with van der Waals surface area (Å²) < 4.78 is 2.24. The van der Waals surface area contributed by atoms with Crippen molar-refractivity contribution < 1.29 is 4.79 Å². The third-order valence-electron chi connectivity index (χ3n) is 4.29. The molecule has 2 N–H and O–H groups in total. The maximum atomic E-state index is 12.0. The molecule has 1 atom stereocenters. The van der Waals surface area contributed by atoms with E-state index >= 15 is 0 Å². The van der Waals surface area contributed by atoms with E-state index in [-0.39, 0.29) is 12.1 Å². The summed E-state index contributed by atoms with van der Waals surface area (Å²) in [6.45, 7) is 5.70. The molecule has 0 saturated carbocycles. The highest BCUT2D eigenvalue weighted by Gasteiger charge is 2.14. The summed E-state index contributed by atoms with van der Waals surface area (Å²) in [5, 5.41) is 8.96. The Labute approximate surface area is 146 Å². The molecule has 3 rings (SSSR count). The van der Waals surface area contributed by atoms with Crippen LogP contribution in [0.1, 0.15) is 55.0 Å². The zero-order valence-electron chi connectivity index (χ0n) is 14.3. The minimum Gasteiger partial charge on any atom is -0.338 e. The van der Waals surface area contributed by atoms with E-state index in [0.717, 1.165) is 42.2 Å². The summed E-state index contributed by atoms with van der Waals surface area (Å²) in [7, 11) is 0. The number of rotatable bonds is 6. The number of imidazole rings is 1. The van der Waals surface area contributed by atoms with Crippen molar-refractivity contribution in [3.05, 3.63) is 33.8 Å². The van der Waals surface area contributed by atoms with Crippen molar-refractivity contribution in [2.75, 3.05) is 6.54 Å². The van der Waals surface area contributed by atoms with E-state index in [1.807, 2.05) is 12.3 Å². The molecular formula is C17H25N5OS. The van der Waals surface area contributed by atoms with Crippen LogP contribution >= 0.6 is 11.3 Å². The van der Waals surface area contributed by atoms with Crippen molar-refractivity contribution in [3.63, 3.8) is 0 Å². The lowest BCUT2D eigenvalue weighted by molar-refractivity contribution is 0.238. The third-order valence-corrected chi connectivity index (χ3v) is 5.30. The first-order valence-electron chi connectivity index (χ1n) is 8.69. The van der Waals surface area contributed by atoms with Gasteiger partial charge in [-0.25, -0.2) is 14.8 Å². The molecule has 0 spiro atoms. The summed E-state index contributed by atoms with van der Waals surface area (Å²) >= 11 is 1.64. The van der Waals surface area contributed by atoms with Crippen molar-refractivity contribution in [3.8, 4) is 0 Å². The number of urea groups is 1. The minimum absolute atomic E-state index is 0.0820. The Hall–Kier alpha value is -1.89. The summed E-state index contributed by atoms with van der Waals surface area (Å²) in [4.78, 5) is 21.2. The van der Waals surface area contributed by atoms with Gasteiger partial charge in [0.05, 0.1) is 22.4 Å². The van der Waals surface area contributed by atoms with Gasteiger partial charge in [-0.05, 0) is 26.2 Å². The van der Waals surface area contributed by atoms with Crippen LogP contribution in [0.3, 0.4) is 0 Å². The standard InChI is InChI=1S/C17H25N5OS/c1-3-16-21-14(11-24-16)12(2)19-17(23)18-8-7-13-10-22-9-5-4-6-15(22)20-13/h10-12H,3-9H2,1-2H3,(H2,18,19,23). The molecule has 0 fully saturated rings. The Morgan fingerprint density at radius 1 is 1.42 bits per heavy atom. The van der Waals surface area contributed by atoms with Crippen molar-refractivity contribution in [1.29, 1.82) is 0 Å². The number of fused-ring (bicyclic) bond motifs is 1. The molecule has 6 nitrogen and oxygen atoms in total. The van der Waals surface area contributed by atoms with Gasteiger partial charge in [-0.15, -0.1) is 11.3 Å². The molecule has 24 heavy (non-hydrogen) atoms. The molecule has 2 aromatic rings. The first-order valence-corrected chi connectivity index (χ1v) is 9.57. The second kappa shape index (κ2) is 7.79. The Morgan fingerprint density at radius 3 is 3.04 bits per heavy atom. The normalized spacial score (nSPS) is 14.9. The van der Waals surface area contributed by atoms with Crippen LogP contribution in [0.2, 0.25) is 0 Å². The fourth-order valence-electron chi connectivity index (χ4n) is 2.90. The Bertz CT molecular complexity index is 669. The maximum Gasteiger partial charge on any atom is 0.315 e. The average Bonchev–Trinajstić information content (AvgIpc) is 3.21. The summed E-state index contributed by atoms with van der Waals surface area (Å²) in [5.41, 5.74) is 1.99. The zero-order chi connectivity index (χ0) is 16.9. The van der Waals surface area contributed by atoms with Crippen LogP contribution in [-0.2, 0) is 25.8 Å². The van der Waals surface area contributed by atoms with Crippen molar-refractivity contribution in [2.24, 2.45) is 0 Å². The van der Waals surface area contributed by atoms with Crippen LogP contribution in [0.4, 0.5) is 4.79 Å². The van der Waals surface area contributed by atoms with Crippen molar-refractivity contribution in [2.45, 2.75) is 58.5 Å². The molecule has 1 aliphatic heterocycles. The lowest BCUT2D eigenvalue weighted by Crippen LogP contribution is -2.38. The van der Waals surface area contributed by atoms with Crippen LogP contribution in [0.25, 0.3) is 0 Å². The highest BCUT2D eigenvalue weighted by atomic mass is 32.1. The van der Waals surface area contributed by atoms with E-state index in [4.69, 9.17) is 0 Å². The fraction of sp³-hybridized carbons (Fsp3) is 0.588. The number of carbonyl (C=O) groups is 1. The molecule has 130 valence electrons. The number of aryl methyl sites for hydroxylation is 3. The number of hydrogen-bond donors (Lipinski definition) is 2. The molecule has 0 aliphatic carbocycles. The van der Waals surface area contributed by atoms with E-state index in [1.54, 1.807) is 11.3 Å². The lowest BCUT2D eigenvalue weighted by atomic mass is 10.2. The second-order valence-electron chi connectivity index (χ2n) is 6.19. The number of aromatic nitrogens is 3. The third kappa shape index (κ3) is 4.14. The molecule has 1 aliphatic rings. The predicted octanol–water partition coefficient (Wildman–Crippen LogP) is 2.84. The number of hydrogen-bond acceptors (Lipinski definition) is 4. The van der Waals surface area contributed by atoms with Crippen molar-refractivity contribution in [1.82, 2.24) is 25.2 Å². The van der Waals surface area contributed by atoms with Gasteiger partial charge in [-0.1, -0.05) is 6.92 Å². The van der Waals surface area contributed by atoms with Crippen LogP contribution < -0.4 is 10.6 Å². The SMILES string of the molecule is CCc1nc(C(C)NC(=O)NCCc2cn3c(n2)CCCC3)cs1. The van der Waals surface area contributed by atoms with Crippen molar-refractivity contribution >= 4 is 17.4 Å². The van der Waals surface area contributed by atoms with Gasteiger partial charge in [-0.3, -0.25) is 0 Å². The van der Waals surface area contributed by atoms with E-state index in [1.165, 1.54) is 18.7 Å². The van der Waals surface area contributed by atoms with Gasteiger partial charge in [0, 0.05) is 37.5 Å². The molecule has 0 aromatic carbocycles.